The van der Waals surface area contributed by atoms with Gasteiger partial charge in [0.25, 0.3) is 5.91 Å². The van der Waals surface area contributed by atoms with Gasteiger partial charge in [-0.15, -0.1) is 11.8 Å². The van der Waals surface area contributed by atoms with Gasteiger partial charge in [-0.1, -0.05) is 19.1 Å². The van der Waals surface area contributed by atoms with Gasteiger partial charge in [0.1, 0.15) is 0 Å². The maximum absolute atomic E-state index is 12.8. The number of carbonyl (C=O) groups excluding carboxylic acids is 1. The Kier molecular flexibility index (Phi) is 4.25. The summed E-state index contributed by atoms with van der Waals surface area (Å²) in [4.78, 5) is 15.4. The lowest BCUT2D eigenvalue weighted by Gasteiger charge is -2.32. The van der Waals surface area contributed by atoms with Crippen molar-refractivity contribution in [2.75, 3.05) is 11.4 Å². The Morgan fingerprint density at radius 2 is 2.17 bits per heavy atom. The molecule has 0 unspecified atom stereocenters. The van der Waals surface area contributed by atoms with Gasteiger partial charge in [-0.3, -0.25) is 4.79 Å². The van der Waals surface area contributed by atoms with Crippen molar-refractivity contribution in [3.63, 3.8) is 0 Å². The molecular weight excluding hydrogens is 324 g/mol. The Morgan fingerprint density at radius 1 is 1.43 bits per heavy atom. The molecule has 1 aromatic heterocycles. The molecule has 122 valence electrons. The van der Waals surface area contributed by atoms with Crippen molar-refractivity contribution >= 4 is 23.4 Å². The minimum absolute atomic E-state index is 0.0806. The van der Waals surface area contributed by atoms with E-state index in [0.717, 1.165) is 15.3 Å². The van der Waals surface area contributed by atoms with Crippen LogP contribution in [0.5, 0.6) is 5.88 Å². The maximum Gasteiger partial charge on any atom is 0.388 e. The molecular formula is C15H15F2N3O2S. The van der Waals surface area contributed by atoms with Gasteiger partial charge in [0.2, 0.25) is 5.88 Å². The molecule has 0 saturated heterocycles. The zero-order chi connectivity index (χ0) is 16.6. The van der Waals surface area contributed by atoms with Crippen LogP contribution in [0.15, 0.2) is 35.2 Å². The largest absolute Gasteiger partial charge is 0.417 e. The highest BCUT2D eigenvalue weighted by atomic mass is 32.2. The molecule has 0 fully saturated rings. The maximum atomic E-state index is 12.8. The van der Waals surface area contributed by atoms with E-state index in [0.29, 0.717) is 6.54 Å². The van der Waals surface area contributed by atoms with Crippen LogP contribution in [0, 0.1) is 0 Å². The van der Waals surface area contributed by atoms with Crippen molar-refractivity contribution in [3.05, 3.63) is 36.0 Å². The number of halogens is 2. The molecule has 0 spiro atoms. The number of thioether (sulfide) groups is 1. The lowest BCUT2D eigenvalue weighted by molar-refractivity contribution is -0.0553. The van der Waals surface area contributed by atoms with Gasteiger partial charge in [-0.25, -0.2) is 4.68 Å². The van der Waals surface area contributed by atoms with Gasteiger partial charge >= 0.3 is 6.61 Å². The first-order valence-electron chi connectivity index (χ1n) is 7.02. The van der Waals surface area contributed by atoms with Crippen LogP contribution in [0.3, 0.4) is 0 Å². The zero-order valence-electron chi connectivity index (χ0n) is 12.6. The van der Waals surface area contributed by atoms with E-state index in [2.05, 4.69) is 9.84 Å². The van der Waals surface area contributed by atoms with E-state index < -0.39 is 6.61 Å². The quantitative estimate of drug-likeness (QED) is 0.862. The van der Waals surface area contributed by atoms with Crippen LogP contribution in [0.25, 0.3) is 0 Å². The summed E-state index contributed by atoms with van der Waals surface area (Å²) in [5.74, 6) is -0.472. The molecule has 1 amide bonds. The lowest BCUT2D eigenvalue weighted by Crippen LogP contribution is -2.38. The van der Waals surface area contributed by atoms with Crippen LogP contribution in [0.4, 0.5) is 14.5 Å². The van der Waals surface area contributed by atoms with E-state index >= 15 is 0 Å². The Bertz CT molecular complexity index is 735. The lowest BCUT2D eigenvalue weighted by atomic mass is 10.2. The van der Waals surface area contributed by atoms with Crippen molar-refractivity contribution in [2.45, 2.75) is 23.7 Å². The Hall–Kier alpha value is -2.09. The first-order chi connectivity index (χ1) is 11.0. The fourth-order valence-corrected chi connectivity index (χ4v) is 3.59. The van der Waals surface area contributed by atoms with E-state index in [9.17, 15) is 13.6 Å². The summed E-state index contributed by atoms with van der Waals surface area (Å²) in [5, 5.41) is 4.23. The molecule has 0 bridgehead atoms. The molecule has 0 saturated carbocycles. The normalized spacial score (nSPS) is 17.3. The molecule has 2 aromatic rings. The number of alkyl halides is 2. The molecule has 1 aromatic carbocycles. The van der Waals surface area contributed by atoms with Crippen molar-refractivity contribution in [2.24, 2.45) is 7.05 Å². The van der Waals surface area contributed by atoms with E-state index in [4.69, 9.17) is 0 Å². The molecule has 1 atom stereocenters. The fourth-order valence-electron chi connectivity index (χ4n) is 2.48. The van der Waals surface area contributed by atoms with Crippen LogP contribution >= 0.6 is 11.8 Å². The number of nitrogens with zero attached hydrogens (tertiary/aromatic N) is 3. The second-order valence-electron chi connectivity index (χ2n) is 5.18. The average molecular weight is 339 g/mol. The number of aromatic nitrogens is 2. The number of ether oxygens (including phenoxy) is 1. The number of hydrogen-bond donors (Lipinski definition) is 0. The highest BCUT2D eigenvalue weighted by Crippen LogP contribution is 2.38. The van der Waals surface area contributed by atoms with Gasteiger partial charge in [0.05, 0.1) is 5.69 Å². The molecule has 2 heterocycles. The van der Waals surface area contributed by atoms with Crippen LogP contribution in [0.2, 0.25) is 0 Å². The summed E-state index contributed by atoms with van der Waals surface area (Å²) >= 11 is 1.70. The smallest absolute Gasteiger partial charge is 0.388 e. The topological polar surface area (TPSA) is 47.4 Å². The van der Waals surface area contributed by atoms with Gasteiger partial charge in [0, 0.05) is 29.8 Å². The van der Waals surface area contributed by atoms with Crippen LogP contribution < -0.4 is 9.64 Å². The van der Waals surface area contributed by atoms with Crippen LogP contribution in [-0.4, -0.2) is 34.1 Å². The first-order valence-corrected chi connectivity index (χ1v) is 7.90. The highest BCUT2D eigenvalue weighted by Gasteiger charge is 2.29. The zero-order valence-corrected chi connectivity index (χ0v) is 13.4. The minimum atomic E-state index is -2.96. The summed E-state index contributed by atoms with van der Waals surface area (Å²) in [6.07, 6.45) is 0. The van der Waals surface area contributed by atoms with E-state index in [1.807, 2.05) is 31.2 Å². The Balaban J connectivity index is 1.92. The Labute approximate surface area is 136 Å². The minimum Gasteiger partial charge on any atom is -0.417 e. The number of rotatable bonds is 3. The molecule has 3 rings (SSSR count). The summed E-state index contributed by atoms with van der Waals surface area (Å²) in [6, 6.07) is 8.84. The van der Waals surface area contributed by atoms with Gasteiger partial charge in [0.15, 0.2) is 5.69 Å². The van der Waals surface area contributed by atoms with E-state index in [1.54, 1.807) is 16.7 Å². The van der Waals surface area contributed by atoms with Crippen LogP contribution in [-0.2, 0) is 7.05 Å². The van der Waals surface area contributed by atoms with Crippen molar-refractivity contribution < 1.29 is 18.3 Å². The predicted octanol–water partition coefficient (Wildman–Crippen LogP) is 3.16. The van der Waals surface area contributed by atoms with E-state index in [-0.39, 0.29) is 22.7 Å². The molecule has 23 heavy (non-hydrogen) atoms. The number of anilines is 1. The molecule has 1 aliphatic rings. The molecule has 0 N–H and O–H groups in total. The van der Waals surface area contributed by atoms with Crippen molar-refractivity contribution in [1.29, 1.82) is 0 Å². The van der Waals surface area contributed by atoms with E-state index in [1.165, 1.54) is 13.1 Å². The monoisotopic (exact) mass is 339 g/mol. The van der Waals surface area contributed by atoms with Gasteiger partial charge in [-0.2, -0.15) is 13.9 Å². The van der Waals surface area contributed by atoms with Crippen LogP contribution in [0.1, 0.15) is 17.4 Å². The van der Waals surface area contributed by atoms with Crippen molar-refractivity contribution in [1.82, 2.24) is 9.78 Å². The third-order valence-corrected chi connectivity index (χ3v) is 4.59. The number of fused-ring (bicyclic) bond motifs is 1. The van der Waals surface area contributed by atoms with Gasteiger partial charge in [-0.05, 0) is 12.1 Å². The first kappa shape index (κ1) is 15.8. The molecule has 8 heteroatoms. The summed E-state index contributed by atoms with van der Waals surface area (Å²) < 4.78 is 30.2. The standard InChI is InChI=1S/C15H15F2N3O2S/c1-9-8-20(11-5-3-4-6-12(11)23-9)14(21)10-7-13(19(2)18-10)22-15(16)17/h3-7,9,15H,8H2,1-2H3/t9-/m1/s1. The fraction of sp³-hybridized carbons (Fsp3) is 0.333. The number of para-hydroxylation sites is 1. The average Bonchev–Trinajstić information content (AvgIpc) is 2.86. The van der Waals surface area contributed by atoms with Gasteiger partial charge < -0.3 is 9.64 Å². The molecule has 5 nitrogen and oxygen atoms in total. The summed E-state index contributed by atoms with van der Waals surface area (Å²) in [6.45, 7) is -0.396. The highest BCUT2D eigenvalue weighted by molar-refractivity contribution is 8.00. The second kappa shape index (κ2) is 6.19. The molecule has 0 aliphatic carbocycles. The number of carbonyl (C=O) groups is 1. The molecule has 0 radical (unpaired) electrons. The Morgan fingerprint density at radius 3 is 2.91 bits per heavy atom. The third kappa shape index (κ3) is 3.17. The number of amides is 1. The summed E-state index contributed by atoms with van der Waals surface area (Å²) in [5.41, 5.74) is 0.889. The predicted molar refractivity (Wildman–Crippen MR) is 83.3 cm³/mol. The number of hydrogen-bond acceptors (Lipinski definition) is 4. The van der Waals surface area contributed by atoms with Crippen molar-refractivity contribution in [3.8, 4) is 5.88 Å². The third-order valence-electron chi connectivity index (χ3n) is 3.43. The SMILES string of the molecule is C[C@@H]1CN(C(=O)c2cc(OC(F)F)n(C)n2)c2ccccc2S1. The number of benzene rings is 1. The second-order valence-corrected chi connectivity index (χ2v) is 6.66. The summed E-state index contributed by atoms with van der Waals surface area (Å²) in [7, 11) is 1.46. The molecule has 1 aliphatic heterocycles. The number of aryl methyl sites for hydroxylation is 1.